The van der Waals surface area contributed by atoms with Gasteiger partial charge in [-0.3, -0.25) is 4.68 Å². The predicted octanol–water partition coefficient (Wildman–Crippen LogP) is 2.45. The lowest BCUT2D eigenvalue weighted by atomic mass is 10.0. The van der Waals surface area contributed by atoms with Crippen molar-refractivity contribution in [1.82, 2.24) is 25.0 Å². The maximum Gasteiger partial charge on any atom is 0.194 e. The summed E-state index contributed by atoms with van der Waals surface area (Å²) in [6.45, 7) is 5.63. The Morgan fingerprint density at radius 2 is 2.22 bits per heavy atom. The standard InChI is InChI=1S/C19H29N7.HI/c1-5-20-19(22-11-15-6-8-21-18(10-15)24(2)3)26-9-7-16(14-26)17-12-23-25(4)13-17;/h6,8,10,12-13,16H,5,7,9,11,14H2,1-4H3,(H,20,22);1H. The van der Waals surface area contributed by atoms with Crippen molar-refractivity contribution in [2.75, 3.05) is 38.6 Å². The highest BCUT2D eigenvalue weighted by Crippen LogP contribution is 2.26. The van der Waals surface area contributed by atoms with E-state index in [0.29, 0.717) is 12.5 Å². The number of guanidine groups is 1. The van der Waals surface area contributed by atoms with E-state index < -0.39 is 0 Å². The van der Waals surface area contributed by atoms with Crippen LogP contribution in [0.15, 0.2) is 35.7 Å². The first kappa shape index (κ1) is 21.5. The maximum atomic E-state index is 4.86. The Hall–Kier alpha value is -1.84. The van der Waals surface area contributed by atoms with Crippen LogP contribution in [0.4, 0.5) is 5.82 Å². The van der Waals surface area contributed by atoms with E-state index in [4.69, 9.17) is 4.99 Å². The van der Waals surface area contributed by atoms with Gasteiger partial charge in [0.25, 0.3) is 0 Å². The van der Waals surface area contributed by atoms with Gasteiger partial charge in [-0.2, -0.15) is 5.10 Å². The molecule has 0 radical (unpaired) electrons. The number of aromatic nitrogens is 3. The molecule has 0 saturated carbocycles. The number of hydrogen-bond donors (Lipinski definition) is 1. The Labute approximate surface area is 178 Å². The van der Waals surface area contributed by atoms with Crippen molar-refractivity contribution in [2.45, 2.75) is 25.8 Å². The van der Waals surface area contributed by atoms with E-state index in [1.807, 2.05) is 49.2 Å². The summed E-state index contributed by atoms with van der Waals surface area (Å²) in [6.07, 6.45) is 7.09. The van der Waals surface area contributed by atoms with Crippen molar-refractivity contribution in [3.63, 3.8) is 0 Å². The third-order valence-corrected chi connectivity index (χ3v) is 4.70. The minimum atomic E-state index is 0. The number of rotatable bonds is 5. The van der Waals surface area contributed by atoms with Crippen LogP contribution in [0.2, 0.25) is 0 Å². The SMILES string of the molecule is CCNC(=NCc1ccnc(N(C)C)c1)N1CCC(c2cnn(C)c2)C1.I. The predicted molar refractivity (Wildman–Crippen MR) is 121 cm³/mol. The normalized spacial score (nSPS) is 17.0. The van der Waals surface area contributed by atoms with E-state index in [-0.39, 0.29) is 24.0 Å². The van der Waals surface area contributed by atoms with Crippen LogP contribution in [0.5, 0.6) is 0 Å². The zero-order valence-electron chi connectivity index (χ0n) is 16.6. The van der Waals surface area contributed by atoms with E-state index >= 15 is 0 Å². The molecule has 0 amide bonds. The minimum absolute atomic E-state index is 0. The third-order valence-electron chi connectivity index (χ3n) is 4.70. The minimum Gasteiger partial charge on any atom is -0.363 e. The molecule has 1 aliphatic heterocycles. The van der Waals surface area contributed by atoms with E-state index in [1.54, 1.807) is 0 Å². The van der Waals surface area contributed by atoms with E-state index in [9.17, 15) is 0 Å². The summed E-state index contributed by atoms with van der Waals surface area (Å²) in [5.41, 5.74) is 2.48. The second-order valence-electron chi connectivity index (χ2n) is 6.97. The number of pyridine rings is 1. The molecule has 3 heterocycles. The summed E-state index contributed by atoms with van der Waals surface area (Å²) < 4.78 is 1.88. The fourth-order valence-corrected chi connectivity index (χ4v) is 3.27. The first-order valence-electron chi connectivity index (χ1n) is 9.21. The van der Waals surface area contributed by atoms with Crippen molar-refractivity contribution < 1.29 is 0 Å². The molecule has 2 aromatic rings. The highest BCUT2D eigenvalue weighted by atomic mass is 127. The second-order valence-corrected chi connectivity index (χ2v) is 6.97. The van der Waals surface area contributed by atoms with E-state index in [1.165, 1.54) is 11.1 Å². The van der Waals surface area contributed by atoms with Gasteiger partial charge in [-0.1, -0.05) is 0 Å². The number of nitrogens with one attached hydrogen (secondary N) is 1. The van der Waals surface area contributed by atoms with Crippen LogP contribution in [0.3, 0.4) is 0 Å². The molecule has 0 bridgehead atoms. The Bertz CT molecular complexity index is 756. The van der Waals surface area contributed by atoms with Crippen molar-refractivity contribution in [1.29, 1.82) is 0 Å². The van der Waals surface area contributed by atoms with E-state index in [0.717, 1.165) is 37.8 Å². The molecule has 1 N–H and O–H groups in total. The van der Waals surface area contributed by atoms with Crippen LogP contribution in [-0.2, 0) is 13.6 Å². The van der Waals surface area contributed by atoms with Crippen LogP contribution in [0, 0.1) is 0 Å². The lowest BCUT2D eigenvalue weighted by molar-refractivity contribution is 0.486. The molecule has 2 aromatic heterocycles. The van der Waals surface area contributed by atoms with Crippen LogP contribution >= 0.6 is 24.0 Å². The molecule has 27 heavy (non-hydrogen) atoms. The van der Waals surface area contributed by atoms with Gasteiger partial charge in [-0.15, -0.1) is 24.0 Å². The third kappa shape index (κ3) is 5.57. The molecule has 1 unspecified atom stereocenters. The number of hydrogen-bond acceptors (Lipinski definition) is 4. The van der Waals surface area contributed by atoms with Gasteiger partial charge in [-0.05, 0) is 36.6 Å². The summed E-state index contributed by atoms with van der Waals surface area (Å²) >= 11 is 0. The summed E-state index contributed by atoms with van der Waals surface area (Å²) in [5.74, 6) is 2.47. The molecule has 3 rings (SSSR count). The smallest absolute Gasteiger partial charge is 0.194 e. The van der Waals surface area contributed by atoms with Crippen molar-refractivity contribution >= 4 is 35.8 Å². The second kappa shape index (κ2) is 9.91. The number of aliphatic imine (C=N–C) groups is 1. The Morgan fingerprint density at radius 3 is 2.89 bits per heavy atom. The number of aryl methyl sites for hydroxylation is 1. The molecule has 1 fully saturated rings. The van der Waals surface area contributed by atoms with Crippen LogP contribution in [-0.4, -0.2) is 59.4 Å². The highest BCUT2D eigenvalue weighted by Gasteiger charge is 2.26. The lowest BCUT2D eigenvalue weighted by Crippen LogP contribution is -2.40. The Balaban J connectivity index is 0.00000261. The van der Waals surface area contributed by atoms with Gasteiger partial charge in [0.2, 0.25) is 0 Å². The van der Waals surface area contributed by atoms with Crippen molar-refractivity contribution in [3.05, 3.63) is 41.9 Å². The fraction of sp³-hybridized carbons (Fsp3) is 0.526. The fourth-order valence-electron chi connectivity index (χ4n) is 3.27. The first-order chi connectivity index (χ1) is 12.6. The zero-order chi connectivity index (χ0) is 18.5. The van der Waals surface area contributed by atoms with Crippen molar-refractivity contribution in [2.24, 2.45) is 12.0 Å². The Morgan fingerprint density at radius 1 is 1.41 bits per heavy atom. The van der Waals surface area contributed by atoms with Gasteiger partial charge in [0.15, 0.2) is 5.96 Å². The molecule has 0 aliphatic carbocycles. The van der Waals surface area contributed by atoms with Gasteiger partial charge in [0, 0.05) is 59.1 Å². The average Bonchev–Trinajstić information content (AvgIpc) is 3.28. The molecular weight excluding hydrogens is 453 g/mol. The largest absolute Gasteiger partial charge is 0.363 e. The summed E-state index contributed by atoms with van der Waals surface area (Å²) in [5, 5.41) is 7.75. The van der Waals surface area contributed by atoms with Gasteiger partial charge >= 0.3 is 0 Å². The number of anilines is 1. The first-order valence-corrected chi connectivity index (χ1v) is 9.21. The van der Waals surface area contributed by atoms with E-state index in [2.05, 4.69) is 39.5 Å². The molecular formula is C19H30IN7. The van der Waals surface area contributed by atoms with Crippen LogP contribution in [0.1, 0.15) is 30.4 Å². The summed E-state index contributed by atoms with van der Waals surface area (Å²) in [4.78, 5) is 13.6. The monoisotopic (exact) mass is 483 g/mol. The van der Waals surface area contributed by atoms with Crippen LogP contribution in [0.25, 0.3) is 0 Å². The van der Waals surface area contributed by atoms with Gasteiger partial charge in [-0.25, -0.2) is 9.98 Å². The maximum absolute atomic E-state index is 4.86. The van der Waals surface area contributed by atoms with Crippen molar-refractivity contribution in [3.8, 4) is 0 Å². The summed E-state index contributed by atoms with van der Waals surface area (Å²) in [7, 11) is 5.98. The topological polar surface area (TPSA) is 61.6 Å². The summed E-state index contributed by atoms with van der Waals surface area (Å²) in [6, 6.07) is 4.12. The highest BCUT2D eigenvalue weighted by molar-refractivity contribution is 14.0. The van der Waals surface area contributed by atoms with Gasteiger partial charge in [0.1, 0.15) is 5.82 Å². The zero-order valence-corrected chi connectivity index (χ0v) is 18.9. The lowest BCUT2D eigenvalue weighted by Gasteiger charge is -2.21. The number of halogens is 1. The molecule has 1 saturated heterocycles. The molecule has 1 atom stereocenters. The molecule has 148 valence electrons. The average molecular weight is 483 g/mol. The molecule has 1 aliphatic rings. The molecule has 8 heteroatoms. The quantitative estimate of drug-likeness (QED) is 0.402. The van der Waals surface area contributed by atoms with Crippen LogP contribution < -0.4 is 10.2 Å². The molecule has 0 spiro atoms. The molecule has 0 aromatic carbocycles. The number of nitrogens with zero attached hydrogens (tertiary/aromatic N) is 6. The Kier molecular flexibility index (Phi) is 7.88. The van der Waals surface area contributed by atoms with Gasteiger partial charge in [0.05, 0.1) is 12.7 Å². The molecule has 7 nitrogen and oxygen atoms in total. The number of likely N-dealkylation sites (tertiary alicyclic amines) is 1. The van der Waals surface area contributed by atoms with Gasteiger partial charge < -0.3 is 15.1 Å².